The lowest BCUT2D eigenvalue weighted by atomic mass is 10.1. The van der Waals surface area contributed by atoms with Crippen molar-refractivity contribution in [3.63, 3.8) is 0 Å². The molecule has 26 heavy (non-hydrogen) atoms. The number of pyridine rings is 1. The molecule has 10 heteroatoms. The number of anilines is 2. The fourth-order valence-corrected chi connectivity index (χ4v) is 3.31. The Labute approximate surface area is 156 Å². The molecule has 136 valence electrons. The first-order valence-corrected chi connectivity index (χ1v) is 8.66. The third-order valence-electron chi connectivity index (χ3n) is 3.64. The second-order valence-electron chi connectivity index (χ2n) is 5.42. The number of carbonyl (C=O) groups is 1. The fourth-order valence-electron chi connectivity index (χ4n) is 2.35. The number of carbonyl (C=O) groups excluding carboxylic acids is 1. The minimum Gasteiger partial charge on any atom is -0.453 e. The number of amides is 1. The summed E-state index contributed by atoms with van der Waals surface area (Å²) in [4.78, 5) is 30.3. The van der Waals surface area contributed by atoms with Gasteiger partial charge >= 0.3 is 6.09 Å². The summed E-state index contributed by atoms with van der Waals surface area (Å²) in [5.41, 5.74) is 0.466. The zero-order chi connectivity index (χ0) is 18.8. The molecule has 0 radical (unpaired) electrons. The summed E-state index contributed by atoms with van der Waals surface area (Å²) in [6, 6.07) is 3.91. The molecular formula is C16H14ClFN4O3S. The van der Waals surface area contributed by atoms with Crippen molar-refractivity contribution in [2.45, 2.75) is 13.0 Å². The second kappa shape index (κ2) is 7.30. The molecule has 0 saturated carbocycles. The maximum atomic E-state index is 13.5. The molecule has 1 aromatic carbocycles. The SMILES string of the molecule is COC(=O)Nc1cnc(N[C@@H](C)c2cc3cc(Cl)c(F)cc3[nH]c2=O)s1. The highest BCUT2D eigenvalue weighted by atomic mass is 35.5. The first-order chi connectivity index (χ1) is 12.4. The van der Waals surface area contributed by atoms with Crippen LogP contribution in [-0.2, 0) is 4.74 Å². The van der Waals surface area contributed by atoms with E-state index in [1.165, 1.54) is 36.8 Å². The van der Waals surface area contributed by atoms with E-state index in [1.807, 2.05) is 0 Å². The predicted octanol–water partition coefficient (Wildman–Crippen LogP) is 4.13. The molecule has 2 aromatic heterocycles. The molecule has 1 amide bonds. The van der Waals surface area contributed by atoms with Crippen LogP contribution in [0.5, 0.6) is 0 Å². The summed E-state index contributed by atoms with van der Waals surface area (Å²) in [5, 5.41) is 7.21. The van der Waals surface area contributed by atoms with Gasteiger partial charge in [-0.2, -0.15) is 0 Å². The summed E-state index contributed by atoms with van der Waals surface area (Å²) in [5.74, 6) is -0.595. The normalized spacial score (nSPS) is 12.0. The molecule has 7 nitrogen and oxygen atoms in total. The lowest BCUT2D eigenvalue weighted by molar-refractivity contribution is 0.187. The predicted molar refractivity (Wildman–Crippen MR) is 99.7 cm³/mol. The Morgan fingerprint density at radius 1 is 1.42 bits per heavy atom. The standard InChI is InChI=1S/C16H14ClFN4O3S/c1-7(20-15-19-6-13(26-15)22-16(24)25-2)9-3-8-4-10(17)11(18)5-12(8)21-14(9)23/h3-7H,1-2H3,(H,19,20)(H,21,23)(H,22,24)/t7-/m0/s1. The number of aromatic amines is 1. The highest BCUT2D eigenvalue weighted by Gasteiger charge is 2.15. The second-order valence-corrected chi connectivity index (χ2v) is 6.86. The van der Waals surface area contributed by atoms with E-state index >= 15 is 0 Å². The lowest BCUT2D eigenvalue weighted by Crippen LogP contribution is -2.19. The number of nitrogens with zero attached hydrogens (tertiary/aromatic N) is 1. The molecule has 0 aliphatic heterocycles. The molecule has 1 atom stereocenters. The summed E-state index contributed by atoms with van der Waals surface area (Å²) < 4.78 is 18.0. The molecular weight excluding hydrogens is 383 g/mol. The van der Waals surface area contributed by atoms with E-state index in [0.29, 0.717) is 26.6 Å². The zero-order valence-electron chi connectivity index (χ0n) is 13.7. The summed E-state index contributed by atoms with van der Waals surface area (Å²) in [7, 11) is 1.27. The summed E-state index contributed by atoms with van der Waals surface area (Å²) in [6.45, 7) is 1.79. The average molecular weight is 397 g/mol. The number of rotatable bonds is 4. The number of fused-ring (bicyclic) bond motifs is 1. The fraction of sp³-hybridized carbons (Fsp3) is 0.188. The summed E-state index contributed by atoms with van der Waals surface area (Å²) >= 11 is 7.01. The number of H-pyrrole nitrogens is 1. The van der Waals surface area contributed by atoms with Gasteiger partial charge in [0, 0.05) is 10.9 Å². The van der Waals surface area contributed by atoms with Crippen LogP contribution in [0.2, 0.25) is 5.02 Å². The van der Waals surface area contributed by atoms with Crippen molar-refractivity contribution < 1.29 is 13.9 Å². The Morgan fingerprint density at radius 2 is 2.19 bits per heavy atom. The smallest absolute Gasteiger partial charge is 0.412 e. The molecule has 0 bridgehead atoms. The Kier molecular flexibility index (Phi) is 5.10. The van der Waals surface area contributed by atoms with Gasteiger partial charge < -0.3 is 15.0 Å². The van der Waals surface area contributed by atoms with Crippen molar-refractivity contribution in [2.24, 2.45) is 0 Å². The van der Waals surface area contributed by atoms with Crippen LogP contribution in [0.15, 0.2) is 29.2 Å². The highest BCUT2D eigenvalue weighted by molar-refractivity contribution is 7.19. The van der Waals surface area contributed by atoms with Crippen LogP contribution in [0.25, 0.3) is 10.9 Å². The minimum atomic E-state index is -0.595. The molecule has 0 aliphatic rings. The van der Waals surface area contributed by atoms with Crippen LogP contribution >= 0.6 is 22.9 Å². The van der Waals surface area contributed by atoms with E-state index in [-0.39, 0.29) is 16.6 Å². The average Bonchev–Trinajstić information content (AvgIpc) is 3.02. The monoisotopic (exact) mass is 396 g/mol. The number of aromatic nitrogens is 2. The van der Waals surface area contributed by atoms with Gasteiger partial charge in [-0.25, -0.2) is 14.2 Å². The van der Waals surface area contributed by atoms with Crippen LogP contribution in [-0.4, -0.2) is 23.2 Å². The molecule has 0 spiro atoms. The minimum absolute atomic E-state index is 0.0189. The van der Waals surface area contributed by atoms with Gasteiger partial charge in [0.15, 0.2) is 5.13 Å². The van der Waals surface area contributed by atoms with Gasteiger partial charge in [0.2, 0.25) is 0 Å². The number of halogens is 2. The van der Waals surface area contributed by atoms with Crippen molar-refractivity contribution in [3.05, 3.63) is 51.2 Å². The van der Waals surface area contributed by atoms with Crippen LogP contribution in [0.3, 0.4) is 0 Å². The third-order valence-corrected chi connectivity index (χ3v) is 4.77. The first-order valence-electron chi connectivity index (χ1n) is 7.46. The lowest BCUT2D eigenvalue weighted by Gasteiger charge is -2.13. The molecule has 0 fully saturated rings. The first kappa shape index (κ1) is 18.2. The third kappa shape index (κ3) is 3.78. The van der Waals surface area contributed by atoms with Crippen LogP contribution in [0, 0.1) is 5.82 Å². The molecule has 3 rings (SSSR count). The topological polar surface area (TPSA) is 96.1 Å². The Hall–Kier alpha value is -2.65. The van der Waals surface area contributed by atoms with Crippen molar-refractivity contribution >= 4 is 50.1 Å². The van der Waals surface area contributed by atoms with Crippen molar-refractivity contribution in [3.8, 4) is 0 Å². The molecule has 0 aliphatic carbocycles. The van der Waals surface area contributed by atoms with E-state index < -0.39 is 11.9 Å². The van der Waals surface area contributed by atoms with Crippen LogP contribution in [0.1, 0.15) is 18.5 Å². The zero-order valence-corrected chi connectivity index (χ0v) is 15.3. The van der Waals surface area contributed by atoms with E-state index in [4.69, 9.17) is 11.6 Å². The van der Waals surface area contributed by atoms with Crippen molar-refractivity contribution in [2.75, 3.05) is 17.7 Å². The van der Waals surface area contributed by atoms with Gasteiger partial charge in [-0.3, -0.25) is 10.1 Å². The number of hydrogen-bond acceptors (Lipinski definition) is 6. The quantitative estimate of drug-likeness (QED) is 0.616. The number of ether oxygens (including phenoxy) is 1. The van der Waals surface area contributed by atoms with Crippen LogP contribution < -0.4 is 16.2 Å². The molecule has 0 saturated heterocycles. The van der Waals surface area contributed by atoms with Crippen LogP contribution in [0.4, 0.5) is 19.3 Å². The largest absolute Gasteiger partial charge is 0.453 e. The van der Waals surface area contributed by atoms with E-state index in [1.54, 1.807) is 13.0 Å². The Balaban J connectivity index is 1.84. The van der Waals surface area contributed by atoms with Gasteiger partial charge in [0.1, 0.15) is 10.8 Å². The number of thiazole rings is 1. The Morgan fingerprint density at radius 3 is 2.92 bits per heavy atom. The number of nitrogens with one attached hydrogen (secondary N) is 3. The van der Waals surface area contributed by atoms with E-state index in [0.717, 1.165) is 0 Å². The molecule has 3 N–H and O–H groups in total. The van der Waals surface area contributed by atoms with Crippen molar-refractivity contribution in [1.82, 2.24) is 9.97 Å². The molecule has 2 heterocycles. The maximum Gasteiger partial charge on any atom is 0.412 e. The van der Waals surface area contributed by atoms with E-state index in [2.05, 4.69) is 25.3 Å². The number of hydrogen-bond donors (Lipinski definition) is 3. The van der Waals surface area contributed by atoms with E-state index in [9.17, 15) is 14.0 Å². The molecule has 0 unspecified atom stereocenters. The van der Waals surface area contributed by atoms with Gasteiger partial charge in [0.25, 0.3) is 5.56 Å². The highest BCUT2D eigenvalue weighted by Crippen LogP contribution is 2.27. The van der Waals surface area contributed by atoms with Gasteiger partial charge in [-0.1, -0.05) is 22.9 Å². The van der Waals surface area contributed by atoms with Gasteiger partial charge in [-0.05, 0) is 25.1 Å². The number of benzene rings is 1. The Bertz CT molecular complexity index is 1040. The summed E-state index contributed by atoms with van der Waals surface area (Å²) in [6.07, 6.45) is 0.882. The number of methoxy groups -OCH3 is 1. The molecule has 3 aromatic rings. The van der Waals surface area contributed by atoms with Gasteiger partial charge in [0.05, 0.1) is 29.9 Å². The van der Waals surface area contributed by atoms with Gasteiger partial charge in [-0.15, -0.1) is 0 Å². The van der Waals surface area contributed by atoms with Crippen molar-refractivity contribution in [1.29, 1.82) is 0 Å². The maximum absolute atomic E-state index is 13.5.